The van der Waals surface area contributed by atoms with E-state index in [9.17, 15) is 0 Å². The molecule has 0 N–H and O–H groups in total. The molecule has 0 saturated carbocycles. The van der Waals surface area contributed by atoms with Crippen molar-refractivity contribution in [2.45, 2.75) is 0 Å². The standard InChI is InChI=1S/C9H6I2OS/c1-12-9-5-4-8(11)13-7(5)3-2-6(9)10/h2-4H,1H3. The van der Waals surface area contributed by atoms with Crippen LogP contribution in [0.5, 0.6) is 5.75 Å². The number of hydrogen-bond donors (Lipinski definition) is 0. The van der Waals surface area contributed by atoms with E-state index in [1.165, 1.54) is 16.5 Å². The largest absolute Gasteiger partial charge is 0.495 e. The molecular formula is C9H6I2OS. The molecule has 0 aliphatic carbocycles. The summed E-state index contributed by atoms with van der Waals surface area (Å²) in [6, 6.07) is 6.41. The second-order valence-electron chi connectivity index (χ2n) is 2.54. The lowest BCUT2D eigenvalue weighted by molar-refractivity contribution is 0.417. The maximum Gasteiger partial charge on any atom is 0.140 e. The number of hydrogen-bond acceptors (Lipinski definition) is 2. The molecule has 1 aromatic carbocycles. The molecule has 0 saturated heterocycles. The van der Waals surface area contributed by atoms with Gasteiger partial charge in [-0.15, -0.1) is 11.3 Å². The third-order valence-corrected chi connectivity index (χ3v) is 4.49. The van der Waals surface area contributed by atoms with Crippen molar-refractivity contribution >= 4 is 66.6 Å². The highest BCUT2D eigenvalue weighted by Crippen LogP contribution is 2.36. The highest BCUT2D eigenvalue weighted by Gasteiger charge is 2.08. The zero-order valence-electron chi connectivity index (χ0n) is 6.80. The number of ether oxygens (including phenoxy) is 1. The van der Waals surface area contributed by atoms with Crippen LogP contribution in [-0.2, 0) is 0 Å². The maximum atomic E-state index is 5.37. The minimum Gasteiger partial charge on any atom is -0.495 e. The van der Waals surface area contributed by atoms with Crippen LogP contribution >= 0.6 is 56.5 Å². The van der Waals surface area contributed by atoms with Gasteiger partial charge in [0.1, 0.15) is 5.75 Å². The van der Waals surface area contributed by atoms with Gasteiger partial charge in [0.15, 0.2) is 0 Å². The van der Waals surface area contributed by atoms with Crippen molar-refractivity contribution in [3.05, 3.63) is 24.7 Å². The first-order chi connectivity index (χ1) is 6.22. The maximum absolute atomic E-state index is 5.37. The average Bonchev–Trinajstić information content (AvgIpc) is 2.45. The van der Waals surface area contributed by atoms with Gasteiger partial charge in [0.2, 0.25) is 0 Å². The molecule has 0 aliphatic rings. The summed E-state index contributed by atoms with van der Waals surface area (Å²) < 4.78 is 9.13. The Morgan fingerprint density at radius 1 is 1.31 bits per heavy atom. The summed E-state index contributed by atoms with van der Waals surface area (Å²) >= 11 is 6.43. The van der Waals surface area contributed by atoms with Crippen LogP contribution in [0.25, 0.3) is 10.1 Å². The quantitative estimate of drug-likeness (QED) is 0.636. The number of thiophene rings is 1. The molecule has 68 valence electrons. The Morgan fingerprint density at radius 3 is 2.77 bits per heavy atom. The first-order valence-corrected chi connectivity index (χ1v) is 6.61. The fraction of sp³-hybridized carbons (Fsp3) is 0.111. The van der Waals surface area contributed by atoms with Crippen molar-refractivity contribution in [1.82, 2.24) is 0 Å². The van der Waals surface area contributed by atoms with Gasteiger partial charge in [-0.2, -0.15) is 0 Å². The monoisotopic (exact) mass is 416 g/mol. The molecule has 0 radical (unpaired) electrons. The number of methoxy groups -OCH3 is 1. The second kappa shape index (κ2) is 3.90. The van der Waals surface area contributed by atoms with Crippen molar-refractivity contribution < 1.29 is 4.74 Å². The summed E-state index contributed by atoms with van der Waals surface area (Å²) in [4.78, 5) is 0. The zero-order chi connectivity index (χ0) is 9.42. The van der Waals surface area contributed by atoms with E-state index in [4.69, 9.17) is 4.74 Å². The summed E-state index contributed by atoms with van der Waals surface area (Å²) in [6.45, 7) is 0. The highest BCUT2D eigenvalue weighted by molar-refractivity contribution is 14.1. The van der Waals surface area contributed by atoms with Crippen LogP contribution in [0.2, 0.25) is 0 Å². The van der Waals surface area contributed by atoms with Gasteiger partial charge in [-0.1, -0.05) is 0 Å². The van der Waals surface area contributed by atoms with E-state index in [0.717, 1.165) is 5.75 Å². The van der Waals surface area contributed by atoms with Crippen LogP contribution in [0.3, 0.4) is 0 Å². The number of benzene rings is 1. The molecule has 1 heterocycles. The summed E-state index contributed by atoms with van der Waals surface area (Å²) in [7, 11) is 1.72. The fourth-order valence-corrected chi connectivity index (χ4v) is 3.73. The lowest BCUT2D eigenvalue weighted by atomic mass is 10.2. The molecule has 2 aromatic rings. The van der Waals surface area contributed by atoms with E-state index in [0.29, 0.717) is 0 Å². The molecule has 0 amide bonds. The Labute approximate surface area is 108 Å². The third kappa shape index (κ3) is 1.80. The molecule has 0 spiro atoms. The highest BCUT2D eigenvalue weighted by atomic mass is 127. The van der Waals surface area contributed by atoms with E-state index in [1.807, 2.05) is 0 Å². The summed E-state index contributed by atoms with van der Waals surface area (Å²) in [5, 5.41) is 1.23. The summed E-state index contributed by atoms with van der Waals surface area (Å²) in [5.74, 6) is 0.997. The van der Waals surface area contributed by atoms with Crippen molar-refractivity contribution in [1.29, 1.82) is 0 Å². The van der Waals surface area contributed by atoms with Gasteiger partial charge in [-0.05, 0) is 63.4 Å². The first kappa shape index (κ1) is 9.97. The summed E-state index contributed by atoms with van der Waals surface area (Å²) in [6.07, 6.45) is 0. The zero-order valence-corrected chi connectivity index (χ0v) is 11.9. The van der Waals surface area contributed by atoms with Gasteiger partial charge in [0.05, 0.1) is 13.6 Å². The second-order valence-corrected chi connectivity index (χ2v) is 6.68. The van der Waals surface area contributed by atoms with Crippen molar-refractivity contribution in [3.63, 3.8) is 0 Å². The van der Waals surface area contributed by atoms with E-state index >= 15 is 0 Å². The minimum absolute atomic E-state index is 0.997. The SMILES string of the molecule is COc1c(I)ccc2sc(I)cc12. The molecule has 1 nitrogen and oxygen atoms in total. The van der Waals surface area contributed by atoms with E-state index in [-0.39, 0.29) is 0 Å². The molecule has 0 atom stereocenters. The van der Waals surface area contributed by atoms with Gasteiger partial charge in [0.25, 0.3) is 0 Å². The molecule has 13 heavy (non-hydrogen) atoms. The molecule has 0 bridgehead atoms. The smallest absolute Gasteiger partial charge is 0.140 e. The van der Waals surface area contributed by atoms with E-state index in [2.05, 4.69) is 63.4 Å². The minimum atomic E-state index is 0.997. The fourth-order valence-electron chi connectivity index (χ4n) is 1.24. The summed E-state index contributed by atoms with van der Waals surface area (Å²) in [5.41, 5.74) is 0. The van der Waals surface area contributed by atoms with Crippen LogP contribution < -0.4 is 4.74 Å². The number of fused-ring (bicyclic) bond motifs is 1. The Balaban J connectivity index is 2.82. The Morgan fingerprint density at radius 2 is 2.08 bits per heavy atom. The van der Waals surface area contributed by atoms with Crippen LogP contribution in [0.1, 0.15) is 0 Å². The topological polar surface area (TPSA) is 9.23 Å². The molecule has 4 heteroatoms. The molecule has 2 rings (SSSR count). The Hall–Kier alpha value is 0.440. The van der Waals surface area contributed by atoms with Gasteiger partial charge in [-0.25, -0.2) is 0 Å². The van der Waals surface area contributed by atoms with Gasteiger partial charge < -0.3 is 4.74 Å². The van der Waals surface area contributed by atoms with E-state index in [1.54, 1.807) is 18.4 Å². The van der Waals surface area contributed by atoms with Crippen molar-refractivity contribution in [2.24, 2.45) is 0 Å². The normalized spacial score (nSPS) is 10.7. The van der Waals surface area contributed by atoms with Crippen molar-refractivity contribution in [2.75, 3.05) is 7.11 Å². The predicted molar refractivity (Wildman–Crippen MR) is 73.8 cm³/mol. The average molecular weight is 416 g/mol. The lowest BCUT2D eigenvalue weighted by Crippen LogP contribution is -1.86. The van der Waals surface area contributed by atoms with Crippen LogP contribution in [0, 0.1) is 6.45 Å². The lowest BCUT2D eigenvalue weighted by Gasteiger charge is -2.03. The van der Waals surface area contributed by atoms with Gasteiger partial charge >= 0.3 is 0 Å². The first-order valence-electron chi connectivity index (χ1n) is 3.64. The Bertz CT molecular complexity index is 450. The molecule has 1 aromatic heterocycles. The van der Waals surface area contributed by atoms with Gasteiger partial charge in [-0.3, -0.25) is 0 Å². The van der Waals surface area contributed by atoms with Crippen molar-refractivity contribution in [3.8, 4) is 5.75 Å². The van der Waals surface area contributed by atoms with Crippen LogP contribution in [-0.4, -0.2) is 7.11 Å². The van der Waals surface area contributed by atoms with Crippen LogP contribution in [0.15, 0.2) is 18.2 Å². The predicted octanol–water partition coefficient (Wildman–Crippen LogP) is 4.12. The molecular weight excluding hydrogens is 410 g/mol. The number of halogens is 2. The number of rotatable bonds is 1. The molecule has 0 aliphatic heterocycles. The molecule has 0 fully saturated rings. The van der Waals surface area contributed by atoms with Gasteiger partial charge in [0, 0.05) is 10.1 Å². The van der Waals surface area contributed by atoms with E-state index < -0.39 is 0 Å². The van der Waals surface area contributed by atoms with Crippen LogP contribution in [0.4, 0.5) is 0 Å². The third-order valence-electron chi connectivity index (χ3n) is 1.78. The molecule has 0 unspecified atom stereocenters. The Kier molecular flexibility index (Phi) is 2.99.